The lowest BCUT2D eigenvalue weighted by Gasteiger charge is -2.08. The molecule has 2 rings (SSSR count). The molecule has 1 aromatic carbocycles. The van der Waals surface area contributed by atoms with E-state index in [2.05, 4.69) is 10.3 Å². The summed E-state index contributed by atoms with van der Waals surface area (Å²) < 4.78 is 35.9. The van der Waals surface area contributed by atoms with E-state index in [9.17, 15) is 18.0 Å². The SMILES string of the molecule is O=C(NCCCC(F)(F)F)c1cccc2[nH]ccc12. The van der Waals surface area contributed by atoms with Crippen molar-refractivity contribution >= 4 is 16.8 Å². The molecule has 0 aliphatic carbocycles. The number of aromatic amines is 1. The standard InChI is InChI=1S/C13H13F3N2O/c14-13(15,16)6-2-7-18-12(19)10-3-1-4-11-9(10)5-8-17-11/h1,3-5,8,17H,2,6-7H2,(H,18,19). The van der Waals surface area contributed by atoms with Gasteiger partial charge in [-0.3, -0.25) is 4.79 Å². The largest absolute Gasteiger partial charge is 0.389 e. The second-order valence-electron chi connectivity index (χ2n) is 4.22. The third-order valence-corrected chi connectivity index (χ3v) is 2.76. The number of halogens is 3. The molecule has 102 valence electrons. The van der Waals surface area contributed by atoms with Crippen molar-refractivity contribution in [2.24, 2.45) is 0 Å². The molecule has 0 aliphatic rings. The monoisotopic (exact) mass is 270 g/mol. The lowest BCUT2D eigenvalue weighted by atomic mass is 10.1. The van der Waals surface area contributed by atoms with Gasteiger partial charge in [0.1, 0.15) is 0 Å². The van der Waals surface area contributed by atoms with Gasteiger partial charge in [0, 0.05) is 35.6 Å². The average molecular weight is 270 g/mol. The highest BCUT2D eigenvalue weighted by atomic mass is 19.4. The zero-order chi connectivity index (χ0) is 13.9. The number of hydrogen-bond donors (Lipinski definition) is 2. The molecule has 0 aliphatic heterocycles. The Morgan fingerprint density at radius 1 is 1.26 bits per heavy atom. The van der Waals surface area contributed by atoms with Crippen molar-refractivity contribution in [1.82, 2.24) is 10.3 Å². The smallest absolute Gasteiger partial charge is 0.361 e. The molecule has 0 radical (unpaired) electrons. The maximum absolute atomic E-state index is 12.0. The zero-order valence-electron chi connectivity index (χ0n) is 10.1. The van der Waals surface area contributed by atoms with Gasteiger partial charge in [-0.1, -0.05) is 6.07 Å². The molecule has 0 fully saturated rings. The maximum Gasteiger partial charge on any atom is 0.389 e. The molecular weight excluding hydrogens is 257 g/mol. The average Bonchev–Trinajstić information content (AvgIpc) is 2.81. The number of H-pyrrole nitrogens is 1. The van der Waals surface area contributed by atoms with Crippen molar-refractivity contribution in [3.05, 3.63) is 36.0 Å². The van der Waals surface area contributed by atoms with Crippen molar-refractivity contribution in [2.45, 2.75) is 19.0 Å². The molecule has 0 atom stereocenters. The van der Waals surface area contributed by atoms with Gasteiger partial charge in [-0.05, 0) is 24.6 Å². The van der Waals surface area contributed by atoms with E-state index in [0.29, 0.717) is 5.56 Å². The number of rotatable bonds is 4. The predicted octanol–water partition coefficient (Wildman–Crippen LogP) is 3.24. The highest BCUT2D eigenvalue weighted by molar-refractivity contribution is 6.06. The van der Waals surface area contributed by atoms with Gasteiger partial charge >= 0.3 is 6.18 Å². The van der Waals surface area contributed by atoms with Gasteiger partial charge in [0.25, 0.3) is 5.91 Å². The molecule has 0 unspecified atom stereocenters. The summed E-state index contributed by atoms with van der Waals surface area (Å²) in [6.07, 6.45) is -3.46. The Balaban J connectivity index is 1.95. The summed E-state index contributed by atoms with van der Waals surface area (Å²) in [6, 6.07) is 6.97. The van der Waals surface area contributed by atoms with Gasteiger partial charge in [-0.25, -0.2) is 0 Å². The van der Waals surface area contributed by atoms with Gasteiger partial charge < -0.3 is 10.3 Å². The summed E-state index contributed by atoms with van der Waals surface area (Å²) in [7, 11) is 0. The molecule has 3 nitrogen and oxygen atoms in total. The fraction of sp³-hybridized carbons (Fsp3) is 0.308. The summed E-state index contributed by atoms with van der Waals surface area (Å²) in [5.74, 6) is -0.354. The van der Waals surface area contributed by atoms with Gasteiger partial charge in [-0.15, -0.1) is 0 Å². The Kier molecular flexibility index (Phi) is 3.78. The lowest BCUT2D eigenvalue weighted by Crippen LogP contribution is -2.25. The minimum absolute atomic E-state index is 0.0130. The van der Waals surface area contributed by atoms with Crippen molar-refractivity contribution in [3.63, 3.8) is 0 Å². The van der Waals surface area contributed by atoms with Gasteiger partial charge in [-0.2, -0.15) is 13.2 Å². The van der Waals surface area contributed by atoms with Crippen LogP contribution in [0, 0.1) is 0 Å². The first-order valence-electron chi connectivity index (χ1n) is 5.88. The first kappa shape index (κ1) is 13.5. The number of hydrogen-bond acceptors (Lipinski definition) is 1. The fourth-order valence-electron chi connectivity index (χ4n) is 1.87. The number of carbonyl (C=O) groups is 1. The number of aromatic nitrogens is 1. The minimum Gasteiger partial charge on any atom is -0.361 e. The van der Waals surface area contributed by atoms with Crippen LogP contribution in [0.3, 0.4) is 0 Å². The summed E-state index contributed by atoms with van der Waals surface area (Å²) >= 11 is 0. The second-order valence-corrected chi connectivity index (χ2v) is 4.22. The zero-order valence-corrected chi connectivity index (χ0v) is 10.1. The molecule has 0 bridgehead atoms. The Morgan fingerprint density at radius 2 is 2.05 bits per heavy atom. The summed E-state index contributed by atoms with van der Waals surface area (Å²) in [5, 5.41) is 3.26. The molecule has 1 aromatic heterocycles. The van der Waals surface area contributed by atoms with Gasteiger partial charge in [0.2, 0.25) is 0 Å². The highest BCUT2D eigenvalue weighted by Gasteiger charge is 2.26. The van der Waals surface area contributed by atoms with Crippen LogP contribution in [0.2, 0.25) is 0 Å². The van der Waals surface area contributed by atoms with E-state index in [0.717, 1.165) is 10.9 Å². The van der Waals surface area contributed by atoms with E-state index in [-0.39, 0.29) is 18.9 Å². The second kappa shape index (κ2) is 5.34. The van der Waals surface area contributed by atoms with Crippen LogP contribution < -0.4 is 5.32 Å². The lowest BCUT2D eigenvalue weighted by molar-refractivity contribution is -0.135. The predicted molar refractivity (Wildman–Crippen MR) is 65.9 cm³/mol. The number of alkyl halides is 3. The number of fused-ring (bicyclic) bond motifs is 1. The van der Waals surface area contributed by atoms with Crippen LogP contribution in [-0.2, 0) is 0 Å². The molecule has 1 amide bonds. The van der Waals surface area contributed by atoms with E-state index in [1.54, 1.807) is 24.4 Å². The molecule has 0 spiro atoms. The normalized spacial score (nSPS) is 11.7. The van der Waals surface area contributed by atoms with Crippen LogP contribution >= 0.6 is 0 Å². The topological polar surface area (TPSA) is 44.9 Å². The van der Waals surface area contributed by atoms with Gasteiger partial charge in [0.05, 0.1) is 0 Å². The quantitative estimate of drug-likeness (QED) is 0.823. The van der Waals surface area contributed by atoms with Crippen LogP contribution in [0.4, 0.5) is 13.2 Å². The van der Waals surface area contributed by atoms with E-state index in [4.69, 9.17) is 0 Å². The highest BCUT2D eigenvalue weighted by Crippen LogP contribution is 2.21. The maximum atomic E-state index is 12.0. The Morgan fingerprint density at radius 3 is 2.79 bits per heavy atom. The van der Waals surface area contributed by atoms with Crippen LogP contribution in [0.15, 0.2) is 30.5 Å². The first-order valence-corrected chi connectivity index (χ1v) is 5.88. The molecule has 0 saturated carbocycles. The van der Waals surface area contributed by atoms with Crippen molar-refractivity contribution in [3.8, 4) is 0 Å². The Bertz CT molecular complexity index is 575. The molecule has 6 heteroatoms. The van der Waals surface area contributed by atoms with E-state index >= 15 is 0 Å². The summed E-state index contributed by atoms with van der Waals surface area (Å²) in [6.45, 7) is 0.0130. The molecule has 0 saturated heterocycles. The third-order valence-electron chi connectivity index (χ3n) is 2.76. The van der Waals surface area contributed by atoms with E-state index in [1.165, 1.54) is 0 Å². The van der Waals surface area contributed by atoms with Crippen molar-refractivity contribution in [1.29, 1.82) is 0 Å². The number of benzene rings is 1. The molecule has 19 heavy (non-hydrogen) atoms. The van der Waals surface area contributed by atoms with Crippen LogP contribution in [0.5, 0.6) is 0 Å². The minimum atomic E-state index is -4.18. The molecule has 2 aromatic rings. The first-order chi connectivity index (χ1) is 8.97. The van der Waals surface area contributed by atoms with Crippen molar-refractivity contribution < 1.29 is 18.0 Å². The number of carbonyl (C=O) groups excluding carboxylic acids is 1. The van der Waals surface area contributed by atoms with E-state index in [1.807, 2.05) is 6.07 Å². The van der Waals surface area contributed by atoms with Crippen LogP contribution in [0.1, 0.15) is 23.2 Å². The Labute approximate surface area is 107 Å². The summed E-state index contributed by atoms with van der Waals surface area (Å²) in [5.41, 5.74) is 1.29. The molecule has 2 N–H and O–H groups in total. The van der Waals surface area contributed by atoms with Crippen LogP contribution in [0.25, 0.3) is 10.9 Å². The van der Waals surface area contributed by atoms with Crippen LogP contribution in [-0.4, -0.2) is 23.6 Å². The van der Waals surface area contributed by atoms with E-state index < -0.39 is 12.6 Å². The van der Waals surface area contributed by atoms with Gasteiger partial charge in [0.15, 0.2) is 0 Å². The third kappa shape index (κ3) is 3.49. The van der Waals surface area contributed by atoms with Crippen molar-refractivity contribution in [2.75, 3.05) is 6.54 Å². The number of amides is 1. The molecule has 1 heterocycles. The summed E-state index contributed by atoms with van der Waals surface area (Å²) in [4.78, 5) is 14.8. The fourth-order valence-corrected chi connectivity index (χ4v) is 1.87. The molecular formula is C13H13F3N2O. The Hall–Kier alpha value is -1.98. The number of nitrogens with one attached hydrogen (secondary N) is 2.